The van der Waals surface area contributed by atoms with E-state index in [1.807, 2.05) is 12.1 Å². The Balaban J connectivity index is 1.77. The molecule has 3 rings (SSSR count). The van der Waals surface area contributed by atoms with Crippen LogP contribution >= 0.6 is 0 Å². The molecule has 3 nitrogen and oxygen atoms in total. The summed E-state index contributed by atoms with van der Waals surface area (Å²) in [7, 11) is 0. The quantitative estimate of drug-likeness (QED) is 0.891. The maximum atomic E-state index is 5.74. The van der Waals surface area contributed by atoms with Crippen molar-refractivity contribution in [2.75, 3.05) is 11.9 Å². The second-order valence-corrected chi connectivity index (χ2v) is 5.83. The number of para-hydroxylation sites is 1. The number of fused-ring (bicyclic) bond motifs is 1. The van der Waals surface area contributed by atoms with Crippen molar-refractivity contribution < 1.29 is 4.74 Å². The minimum atomic E-state index is -0.0350. The van der Waals surface area contributed by atoms with E-state index in [0.717, 1.165) is 30.8 Å². The van der Waals surface area contributed by atoms with Gasteiger partial charge in [0, 0.05) is 18.0 Å². The molecule has 0 amide bonds. The molecule has 1 unspecified atom stereocenters. The van der Waals surface area contributed by atoms with Crippen LogP contribution in [0.25, 0.3) is 10.9 Å². The lowest BCUT2D eigenvalue weighted by Crippen LogP contribution is -2.40. The van der Waals surface area contributed by atoms with Crippen molar-refractivity contribution in [1.29, 1.82) is 0 Å². The van der Waals surface area contributed by atoms with E-state index in [2.05, 4.69) is 48.4 Å². The van der Waals surface area contributed by atoms with Crippen molar-refractivity contribution in [3.8, 4) is 0 Å². The van der Waals surface area contributed by atoms with Gasteiger partial charge >= 0.3 is 0 Å². The minimum absolute atomic E-state index is 0.0350. The van der Waals surface area contributed by atoms with Gasteiger partial charge in [-0.3, -0.25) is 0 Å². The van der Waals surface area contributed by atoms with Crippen LogP contribution in [-0.2, 0) is 4.74 Å². The third-order valence-corrected chi connectivity index (χ3v) is 3.65. The van der Waals surface area contributed by atoms with E-state index in [1.54, 1.807) is 0 Å². The summed E-state index contributed by atoms with van der Waals surface area (Å²) in [6.45, 7) is 5.11. The zero-order valence-corrected chi connectivity index (χ0v) is 11.5. The van der Waals surface area contributed by atoms with Crippen molar-refractivity contribution in [3.05, 3.63) is 36.4 Å². The molecule has 0 saturated carbocycles. The van der Waals surface area contributed by atoms with E-state index in [0.29, 0.717) is 6.04 Å². The maximum absolute atomic E-state index is 5.74. The van der Waals surface area contributed by atoms with E-state index in [4.69, 9.17) is 4.74 Å². The number of rotatable bonds is 2. The highest BCUT2D eigenvalue weighted by atomic mass is 16.5. The van der Waals surface area contributed by atoms with Gasteiger partial charge in [0.2, 0.25) is 0 Å². The summed E-state index contributed by atoms with van der Waals surface area (Å²) < 4.78 is 5.74. The first-order valence-corrected chi connectivity index (χ1v) is 6.89. The first-order chi connectivity index (χ1) is 9.12. The number of nitrogens with zero attached hydrogens (tertiary/aromatic N) is 1. The van der Waals surface area contributed by atoms with Crippen LogP contribution in [0.5, 0.6) is 0 Å². The van der Waals surface area contributed by atoms with Crippen LogP contribution in [-0.4, -0.2) is 23.2 Å². The molecular formula is C16H20N2O. The fourth-order valence-corrected chi connectivity index (χ4v) is 2.71. The molecule has 1 fully saturated rings. The Morgan fingerprint density at radius 3 is 2.89 bits per heavy atom. The zero-order valence-electron chi connectivity index (χ0n) is 11.5. The van der Waals surface area contributed by atoms with Crippen LogP contribution in [0.1, 0.15) is 26.7 Å². The Morgan fingerprint density at radius 1 is 1.21 bits per heavy atom. The number of anilines is 1. The summed E-state index contributed by atoms with van der Waals surface area (Å²) in [5.41, 5.74) is 1.01. The summed E-state index contributed by atoms with van der Waals surface area (Å²) in [4.78, 5) is 4.67. The van der Waals surface area contributed by atoms with Crippen LogP contribution in [0.3, 0.4) is 0 Å². The molecule has 3 heteroatoms. The molecule has 0 aliphatic carbocycles. The van der Waals surface area contributed by atoms with Gasteiger partial charge in [0.05, 0.1) is 11.1 Å². The Kier molecular flexibility index (Phi) is 3.15. The summed E-state index contributed by atoms with van der Waals surface area (Å²) in [5.74, 6) is 0.960. The lowest BCUT2D eigenvalue weighted by Gasteiger charge is -2.36. The SMILES string of the molecule is CC1(C)CC(Nc2ccc3ccccc3n2)CCO1. The highest BCUT2D eigenvalue weighted by molar-refractivity contribution is 5.80. The van der Waals surface area contributed by atoms with Gasteiger partial charge in [-0.1, -0.05) is 18.2 Å². The maximum Gasteiger partial charge on any atom is 0.126 e. The fourth-order valence-electron chi connectivity index (χ4n) is 2.71. The number of hydrogen-bond donors (Lipinski definition) is 1. The molecule has 1 N–H and O–H groups in total. The van der Waals surface area contributed by atoms with Gasteiger partial charge in [-0.2, -0.15) is 0 Å². The molecule has 100 valence electrons. The van der Waals surface area contributed by atoms with E-state index in [1.165, 1.54) is 5.39 Å². The highest BCUT2D eigenvalue weighted by Crippen LogP contribution is 2.26. The van der Waals surface area contributed by atoms with Crippen LogP contribution in [0.2, 0.25) is 0 Å². The van der Waals surface area contributed by atoms with Gasteiger partial charge in [0.1, 0.15) is 5.82 Å². The molecule has 2 heterocycles. The Bertz CT molecular complexity index is 580. The number of nitrogens with one attached hydrogen (secondary N) is 1. The van der Waals surface area contributed by atoms with Gasteiger partial charge in [-0.25, -0.2) is 4.98 Å². The normalized spacial score (nSPS) is 22.3. The molecule has 1 aromatic heterocycles. The topological polar surface area (TPSA) is 34.2 Å². The van der Waals surface area contributed by atoms with Crippen LogP contribution in [0, 0.1) is 0 Å². The lowest BCUT2D eigenvalue weighted by molar-refractivity contribution is -0.0553. The number of hydrogen-bond acceptors (Lipinski definition) is 3. The van der Waals surface area contributed by atoms with E-state index < -0.39 is 0 Å². The molecule has 0 spiro atoms. The minimum Gasteiger partial charge on any atom is -0.375 e. The average molecular weight is 256 g/mol. The van der Waals surface area contributed by atoms with Gasteiger partial charge in [-0.15, -0.1) is 0 Å². The summed E-state index contributed by atoms with van der Waals surface area (Å²) in [6, 6.07) is 12.8. The molecule has 1 saturated heterocycles. The smallest absolute Gasteiger partial charge is 0.126 e. The van der Waals surface area contributed by atoms with Gasteiger partial charge in [-0.05, 0) is 44.9 Å². The van der Waals surface area contributed by atoms with Crippen LogP contribution in [0.4, 0.5) is 5.82 Å². The van der Waals surface area contributed by atoms with Crippen molar-refractivity contribution in [1.82, 2.24) is 4.98 Å². The molecule has 2 aromatic rings. The van der Waals surface area contributed by atoms with E-state index in [-0.39, 0.29) is 5.60 Å². The molecule has 0 radical (unpaired) electrons. The predicted octanol–water partition coefficient (Wildman–Crippen LogP) is 3.60. The van der Waals surface area contributed by atoms with Crippen molar-refractivity contribution in [3.63, 3.8) is 0 Å². The molecule has 0 bridgehead atoms. The number of benzene rings is 1. The first kappa shape index (κ1) is 12.4. The van der Waals surface area contributed by atoms with Crippen molar-refractivity contribution in [2.24, 2.45) is 0 Å². The van der Waals surface area contributed by atoms with Crippen molar-refractivity contribution in [2.45, 2.75) is 38.3 Å². The van der Waals surface area contributed by atoms with Gasteiger partial charge in [0.15, 0.2) is 0 Å². The fraction of sp³-hybridized carbons (Fsp3) is 0.438. The Labute approximate surface area is 114 Å². The predicted molar refractivity (Wildman–Crippen MR) is 78.4 cm³/mol. The highest BCUT2D eigenvalue weighted by Gasteiger charge is 2.28. The van der Waals surface area contributed by atoms with Gasteiger partial charge in [0.25, 0.3) is 0 Å². The Morgan fingerprint density at radius 2 is 2.05 bits per heavy atom. The van der Waals surface area contributed by atoms with Crippen LogP contribution < -0.4 is 5.32 Å². The van der Waals surface area contributed by atoms with Crippen molar-refractivity contribution >= 4 is 16.7 Å². The summed E-state index contributed by atoms with van der Waals surface area (Å²) in [5, 5.41) is 4.72. The average Bonchev–Trinajstić information content (AvgIpc) is 2.37. The lowest BCUT2D eigenvalue weighted by atomic mass is 9.94. The standard InChI is InChI=1S/C16H20N2O/c1-16(2)11-13(9-10-19-16)17-15-8-7-12-5-3-4-6-14(12)18-15/h3-8,13H,9-11H2,1-2H3,(H,17,18). The summed E-state index contributed by atoms with van der Waals surface area (Å²) >= 11 is 0. The molecule has 1 aliphatic rings. The molecular weight excluding hydrogens is 236 g/mol. The van der Waals surface area contributed by atoms with E-state index in [9.17, 15) is 0 Å². The second kappa shape index (κ2) is 4.82. The molecule has 1 aliphatic heterocycles. The first-order valence-electron chi connectivity index (χ1n) is 6.89. The van der Waals surface area contributed by atoms with Gasteiger partial charge < -0.3 is 10.1 Å². The number of aromatic nitrogens is 1. The third-order valence-electron chi connectivity index (χ3n) is 3.65. The van der Waals surface area contributed by atoms with E-state index >= 15 is 0 Å². The molecule has 1 atom stereocenters. The molecule has 19 heavy (non-hydrogen) atoms. The molecule has 1 aromatic carbocycles. The third kappa shape index (κ3) is 2.87. The summed E-state index contributed by atoms with van der Waals surface area (Å²) in [6.07, 6.45) is 2.06. The largest absolute Gasteiger partial charge is 0.375 e. The Hall–Kier alpha value is -1.61. The van der Waals surface area contributed by atoms with Crippen LogP contribution in [0.15, 0.2) is 36.4 Å². The number of ether oxygens (including phenoxy) is 1. The monoisotopic (exact) mass is 256 g/mol. The second-order valence-electron chi connectivity index (χ2n) is 5.83. The zero-order chi connectivity index (χ0) is 13.3. The number of pyridine rings is 1.